The lowest BCUT2D eigenvalue weighted by Crippen LogP contribution is -2.61. The van der Waals surface area contributed by atoms with Gasteiger partial charge in [-0.15, -0.1) is 0 Å². The second-order valence-electron chi connectivity index (χ2n) is 23.7. The standard InChI is InChI=1S/C58H93N5O20/c1-17-42-58(10,73)49(67)33(4)45(60-77-30-43(64)74-15)31(2)27-56(8,72)50(82-54-47(66)41(61(11)12)25-32(3)78-54)34(5)48(35(6)53(70)80-42)81-44-28-57(9,75-16)51(36(7)79-44)83-55(71)59-22-24-76-23-18-19-37-20-21-40-38(26-37)46(65)39(52(68)69)29-63(40)62(13)14/h20-21,26,29,31-36,41-42,44,47-51,54,66-67,72-73H,17-19,22-25,27-28,30H2,1-16H3,(H,59,71)(H,68,69)/b60-45+/t31-,32-,33+,34+,35-,36+,41+,42-,44+,47-,48+,49-,50-,51+,54+,56-,57-,58-/m1/s1. The lowest BCUT2D eigenvalue weighted by molar-refractivity contribution is -0.317. The topological polar surface area (TPSA) is 315 Å². The third kappa shape index (κ3) is 16.7. The van der Waals surface area contributed by atoms with E-state index in [1.54, 1.807) is 84.4 Å². The van der Waals surface area contributed by atoms with Gasteiger partial charge in [-0.2, -0.15) is 0 Å². The fourth-order valence-corrected chi connectivity index (χ4v) is 11.9. The first-order valence-electron chi connectivity index (χ1n) is 28.6. The van der Waals surface area contributed by atoms with Crippen LogP contribution in [0.25, 0.3) is 10.9 Å². The SMILES string of the molecule is CC[C@H]1OC(=O)[C@H](C)[C@@H](O[C@H]2C[C@@](C)(OC)[C@@H](OC(=O)NCCOCCCc3ccc4c(c3)c(=O)c(C(=O)O)cn4N(C)C)[C@H](C)O2)[C@H](C)[C@@H](O[C@@H]2O[C@H](C)C[C@H](N(C)C)[C@H]2O)[C@](C)(O)C[C@@H](C)/C(=N\OCC(=O)OC)[C@H](C)[C@@H](O)[C@]1(C)O. The second-order valence-corrected chi connectivity index (χ2v) is 23.7. The number of amides is 1. The van der Waals surface area contributed by atoms with Crippen molar-refractivity contribution >= 4 is 40.6 Å². The van der Waals surface area contributed by atoms with E-state index >= 15 is 0 Å². The summed E-state index contributed by atoms with van der Waals surface area (Å²) < 4.78 is 56.7. The van der Waals surface area contributed by atoms with Crippen molar-refractivity contribution in [1.82, 2.24) is 14.9 Å². The Morgan fingerprint density at radius 2 is 1.60 bits per heavy atom. The Morgan fingerprint density at radius 1 is 0.916 bits per heavy atom. The number of ether oxygens (including phenoxy) is 9. The number of alkyl carbamates (subject to hydrolysis) is 1. The Kier molecular flexibility index (Phi) is 24.3. The number of fused-ring (bicyclic) bond motifs is 1. The van der Waals surface area contributed by atoms with Gasteiger partial charge in [0.05, 0.1) is 67.0 Å². The maximum absolute atomic E-state index is 14.7. The largest absolute Gasteiger partial charge is 0.477 e. The van der Waals surface area contributed by atoms with E-state index in [1.807, 2.05) is 32.0 Å². The van der Waals surface area contributed by atoms with Crippen molar-refractivity contribution in [2.24, 2.45) is 28.8 Å². The summed E-state index contributed by atoms with van der Waals surface area (Å²) in [6.07, 6.45) is -9.37. The number of carboxylic acid groups (broad SMARTS) is 1. The van der Waals surface area contributed by atoms with Crippen molar-refractivity contribution in [3.8, 4) is 0 Å². The minimum atomic E-state index is -2.09. The molecule has 6 N–H and O–H groups in total. The molecule has 83 heavy (non-hydrogen) atoms. The molecule has 0 spiro atoms. The van der Waals surface area contributed by atoms with E-state index in [-0.39, 0.29) is 55.2 Å². The monoisotopic (exact) mass is 1180 g/mol. The van der Waals surface area contributed by atoms with E-state index in [0.717, 1.165) is 5.56 Å². The van der Waals surface area contributed by atoms with Crippen molar-refractivity contribution in [2.45, 2.75) is 192 Å². The van der Waals surface area contributed by atoms with Crippen molar-refractivity contribution in [3.63, 3.8) is 0 Å². The number of rotatable bonds is 20. The van der Waals surface area contributed by atoms with Crippen LogP contribution in [0.5, 0.6) is 0 Å². The van der Waals surface area contributed by atoms with Gasteiger partial charge in [0.1, 0.15) is 29.0 Å². The predicted molar refractivity (Wildman–Crippen MR) is 303 cm³/mol. The summed E-state index contributed by atoms with van der Waals surface area (Å²) in [5.74, 6) is -6.80. The molecule has 3 aliphatic heterocycles. The lowest BCUT2D eigenvalue weighted by atomic mass is 9.73. The van der Waals surface area contributed by atoms with Crippen LogP contribution in [0.2, 0.25) is 0 Å². The molecular formula is C58H93N5O20. The number of nitrogens with one attached hydrogen (secondary N) is 1. The van der Waals surface area contributed by atoms with Crippen LogP contribution in [0.15, 0.2) is 34.3 Å². The molecule has 25 nitrogen and oxygen atoms in total. The number of pyridine rings is 1. The third-order valence-electron chi connectivity index (χ3n) is 16.6. The summed E-state index contributed by atoms with van der Waals surface area (Å²) in [5.41, 5.74) is -4.58. The van der Waals surface area contributed by atoms with Crippen LogP contribution in [0.3, 0.4) is 0 Å². The minimum Gasteiger partial charge on any atom is -0.477 e. The Bertz CT molecular complexity index is 2600. The van der Waals surface area contributed by atoms with Gasteiger partial charge in [-0.25, -0.2) is 14.4 Å². The number of aromatic carboxylic acids is 1. The van der Waals surface area contributed by atoms with Crippen molar-refractivity contribution in [3.05, 3.63) is 45.7 Å². The molecular weight excluding hydrogens is 1090 g/mol. The maximum Gasteiger partial charge on any atom is 0.407 e. The minimum absolute atomic E-state index is 0.0448. The maximum atomic E-state index is 14.7. The molecule has 3 fully saturated rings. The Morgan fingerprint density at radius 3 is 2.22 bits per heavy atom. The summed E-state index contributed by atoms with van der Waals surface area (Å²) >= 11 is 0. The van der Waals surface area contributed by atoms with Gasteiger partial charge in [0, 0.05) is 76.2 Å². The highest BCUT2D eigenvalue weighted by atomic mass is 16.7. The molecule has 4 heterocycles. The molecule has 0 radical (unpaired) electrons. The van der Waals surface area contributed by atoms with Crippen molar-refractivity contribution in [2.75, 3.05) is 73.8 Å². The fourth-order valence-electron chi connectivity index (χ4n) is 11.9. The molecule has 2 aromatic rings. The normalized spacial score (nSPS) is 35.3. The number of aryl methyl sites for hydroxylation is 1. The van der Waals surface area contributed by atoms with Crippen LogP contribution in [0.1, 0.15) is 117 Å². The van der Waals surface area contributed by atoms with Gasteiger partial charge in [-0.3, -0.25) is 14.3 Å². The number of aliphatic hydroxyl groups is 4. The number of nitrogens with zero attached hydrogens (tertiary/aromatic N) is 4. The number of aromatic nitrogens is 1. The van der Waals surface area contributed by atoms with Crippen LogP contribution in [-0.2, 0) is 63.5 Å². The molecule has 0 unspecified atom stereocenters. The third-order valence-corrected chi connectivity index (χ3v) is 16.6. The molecule has 0 aliphatic carbocycles. The van der Waals surface area contributed by atoms with Crippen LogP contribution >= 0.6 is 0 Å². The number of carbonyl (C=O) groups excluding carboxylic acids is 3. The fraction of sp³-hybridized carbons (Fsp3) is 0.759. The highest BCUT2D eigenvalue weighted by Gasteiger charge is 2.54. The summed E-state index contributed by atoms with van der Waals surface area (Å²) in [6.45, 7) is 16.4. The average molecular weight is 1180 g/mol. The van der Waals surface area contributed by atoms with Crippen LogP contribution in [0.4, 0.5) is 4.79 Å². The quantitative estimate of drug-likeness (QED) is 0.0479. The van der Waals surface area contributed by atoms with E-state index in [1.165, 1.54) is 34.3 Å². The van der Waals surface area contributed by atoms with Gasteiger partial charge in [0.15, 0.2) is 18.7 Å². The zero-order valence-electron chi connectivity index (χ0n) is 51.2. The number of oxime groups is 1. The van der Waals surface area contributed by atoms with E-state index in [0.29, 0.717) is 31.4 Å². The molecule has 5 rings (SSSR count). The van der Waals surface area contributed by atoms with Gasteiger partial charge in [-0.05, 0) is 105 Å². The first kappa shape index (κ1) is 68.7. The van der Waals surface area contributed by atoms with Gasteiger partial charge >= 0.3 is 24.0 Å². The number of hydrogen-bond acceptors (Lipinski definition) is 22. The number of carboxylic acids is 1. The number of likely N-dealkylation sites (N-methyl/N-ethyl adjacent to an activating group) is 1. The molecule has 3 saturated heterocycles. The van der Waals surface area contributed by atoms with E-state index in [4.69, 9.17) is 47.5 Å². The Balaban J connectivity index is 1.36. The molecule has 18 atom stereocenters. The molecule has 3 aliphatic rings. The van der Waals surface area contributed by atoms with E-state index < -0.39 is 138 Å². The van der Waals surface area contributed by atoms with Gasteiger partial charge in [-0.1, -0.05) is 38.9 Å². The first-order chi connectivity index (χ1) is 38.8. The molecule has 25 heteroatoms. The van der Waals surface area contributed by atoms with Crippen LogP contribution in [-0.4, -0.2) is 218 Å². The number of carbonyl (C=O) groups is 4. The van der Waals surface area contributed by atoms with E-state index in [2.05, 4.69) is 10.5 Å². The van der Waals surface area contributed by atoms with Crippen molar-refractivity contribution < 1.29 is 92.2 Å². The number of methoxy groups -OCH3 is 2. The zero-order valence-corrected chi connectivity index (χ0v) is 51.2. The number of cyclic esters (lactones) is 1. The molecule has 470 valence electrons. The van der Waals surface area contributed by atoms with E-state index in [9.17, 15) is 49.5 Å². The average Bonchev–Trinajstić information content (AvgIpc) is 2.45. The van der Waals surface area contributed by atoms with Gasteiger partial charge in [0.25, 0.3) is 0 Å². The Labute approximate surface area is 486 Å². The number of hydrogen-bond donors (Lipinski definition) is 6. The zero-order chi connectivity index (χ0) is 62.1. The molecule has 0 saturated carbocycles. The van der Waals surface area contributed by atoms with Crippen molar-refractivity contribution in [1.29, 1.82) is 0 Å². The van der Waals surface area contributed by atoms with Gasteiger partial charge < -0.3 is 88.2 Å². The predicted octanol–water partition coefficient (Wildman–Crippen LogP) is 3.36. The summed E-state index contributed by atoms with van der Waals surface area (Å²) in [6, 6.07) is 4.95. The molecule has 1 amide bonds. The lowest BCUT2D eigenvalue weighted by Gasteiger charge is -2.49. The summed E-state index contributed by atoms with van der Waals surface area (Å²) in [7, 11) is 9.78. The highest BCUT2D eigenvalue weighted by molar-refractivity contribution is 5.93. The second kappa shape index (κ2) is 29.4. The van der Waals surface area contributed by atoms with Crippen LogP contribution < -0.4 is 15.8 Å². The number of aliphatic hydroxyl groups excluding tert-OH is 2. The Hall–Kier alpha value is -5.06. The molecule has 0 bridgehead atoms. The van der Waals surface area contributed by atoms with Crippen LogP contribution in [0, 0.1) is 23.7 Å². The van der Waals surface area contributed by atoms with Gasteiger partial charge in [0.2, 0.25) is 12.0 Å². The molecule has 1 aromatic heterocycles. The summed E-state index contributed by atoms with van der Waals surface area (Å²) in [5, 5.41) is 67.5. The number of esters is 2. The molecule has 1 aromatic carbocycles. The summed E-state index contributed by atoms with van der Waals surface area (Å²) in [4.78, 5) is 72.4. The number of benzene rings is 1. The first-order valence-corrected chi connectivity index (χ1v) is 28.6. The highest BCUT2D eigenvalue weighted by Crippen LogP contribution is 2.42. The smallest absolute Gasteiger partial charge is 0.407 e.